The predicted octanol–water partition coefficient (Wildman–Crippen LogP) is 3.16. The number of hydrogen-bond acceptors (Lipinski definition) is 5. The zero-order valence-corrected chi connectivity index (χ0v) is 18.5. The molecule has 166 valence electrons. The van der Waals surface area contributed by atoms with E-state index >= 15 is 0 Å². The van der Waals surface area contributed by atoms with Crippen LogP contribution in [-0.2, 0) is 9.53 Å². The van der Waals surface area contributed by atoms with Crippen LogP contribution in [0.1, 0.15) is 45.4 Å². The van der Waals surface area contributed by atoms with Crippen molar-refractivity contribution in [3.8, 4) is 5.75 Å². The second-order valence-corrected chi connectivity index (χ2v) is 8.96. The van der Waals surface area contributed by atoms with E-state index in [1.807, 2.05) is 11.8 Å². The van der Waals surface area contributed by atoms with Crippen LogP contribution in [0.5, 0.6) is 5.75 Å². The fourth-order valence-electron chi connectivity index (χ4n) is 4.97. The summed E-state index contributed by atoms with van der Waals surface area (Å²) in [5.74, 6) is 1.08. The average molecular weight is 416 g/mol. The van der Waals surface area contributed by atoms with Gasteiger partial charge in [-0.05, 0) is 76.4 Å². The van der Waals surface area contributed by atoms with Gasteiger partial charge in [-0.3, -0.25) is 4.79 Å². The Bertz CT molecular complexity index is 679. The third-order valence-electron chi connectivity index (χ3n) is 6.93. The molecule has 6 nitrogen and oxygen atoms in total. The number of morpholine rings is 1. The van der Waals surface area contributed by atoms with Gasteiger partial charge in [0.25, 0.3) is 0 Å². The van der Waals surface area contributed by atoms with Crippen LogP contribution in [0.15, 0.2) is 24.3 Å². The molecule has 6 heteroatoms. The number of rotatable bonds is 7. The highest BCUT2D eigenvalue weighted by Gasteiger charge is 2.41. The van der Waals surface area contributed by atoms with Crippen LogP contribution in [0.4, 0.5) is 5.69 Å². The molecular formula is C24H37N3O3. The zero-order chi connectivity index (χ0) is 20.8. The van der Waals surface area contributed by atoms with Crippen molar-refractivity contribution in [2.45, 2.75) is 51.0 Å². The molecule has 0 radical (unpaired) electrons. The van der Waals surface area contributed by atoms with Gasteiger partial charge in [0.2, 0.25) is 5.91 Å². The van der Waals surface area contributed by atoms with Gasteiger partial charge in [-0.2, -0.15) is 0 Å². The minimum Gasteiger partial charge on any atom is -0.494 e. The molecular weight excluding hydrogens is 378 g/mol. The van der Waals surface area contributed by atoms with Gasteiger partial charge < -0.3 is 24.2 Å². The molecule has 1 spiro atoms. The van der Waals surface area contributed by atoms with Gasteiger partial charge in [0.05, 0.1) is 12.2 Å². The molecule has 0 saturated carbocycles. The lowest BCUT2D eigenvalue weighted by atomic mass is 9.89. The number of ether oxygens (including phenoxy) is 2. The van der Waals surface area contributed by atoms with E-state index in [1.165, 1.54) is 38.0 Å². The van der Waals surface area contributed by atoms with Crippen molar-refractivity contribution in [3.63, 3.8) is 0 Å². The van der Waals surface area contributed by atoms with Crippen molar-refractivity contribution in [2.24, 2.45) is 0 Å². The predicted molar refractivity (Wildman–Crippen MR) is 119 cm³/mol. The van der Waals surface area contributed by atoms with E-state index in [9.17, 15) is 4.79 Å². The third-order valence-corrected chi connectivity index (χ3v) is 6.93. The van der Waals surface area contributed by atoms with Crippen molar-refractivity contribution in [3.05, 3.63) is 24.3 Å². The van der Waals surface area contributed by atoms with Crippen molar-refractivity contribution < 1.29 is 14.3 Å². The molecule has 1 amide bonds. The first-order valence-corrected chi connectivity index (χ1v) is 11.8. The normalized spacial score (nSPS) is 22.5. The van der Waals surface area contributed by atoms with Crippen LogP contribution in [0.3, 0.4) is 0 Å². The van der Waals surface area contributed by atoms with Crippen LogP contribution < -0.4 is 9.64 Å². The Morgan fingerprint density at radius 3 is 2.47 bits per heavy atom. The molecule has 0 N–H and O–H groups in total. The molecule has 0 aliphatic carbocycles. The van der Waals surface area contributed by atoms with Crippen LogP contribution in [0.25, 0.3) is 0 Å². The number of anilines is 1. The SMILES string of the molecule is CCN1CC2(CCN(c3ccc(OCCCN4CCCCC4)cc3)CC2)OCC1=O. The van der Waals surface area contributed by atoms with Crippen LogP contribution in [-0.4, -0.2) is 80.3 Å². The molecule has 0 bridgehead atoms. The molecule has 1 aromatic rings. The molecule has 4 rings (SSSR count). The Kier molecular flexibility index (Phi) is 7.16. The maximum Gasteiger partial charge on any atom is 0.248 e. The van der Waals surface area contributed by atoms with E-state index < -0.39 is 0 Å². The Morgan fingerprint density at radius 1 is 1.03 bits per heavy atom. The van der Waals surface area contributed by atoms with E-state index in [1.54, 1.807) is 0 Å². The molecule has 0 aromatic heterocycles. The van der Waals surface area contributed by atoms with E-state index in [0.717, 1.165) is 64.3 Å². The van der Waals surface area contributed by atoms with Gasteiger partial charge in [0, 0.05) is 38.4 Å². The molecule has 1 aromatic carbocycles. The summed E-state index contributed by atoms with van der Waals surface area (Å²) in [5, 5.41) is 0. The summed E-state index contributed by atoms with van der Waals surface area (Å²) in [5.41, 5.74) is 1.09. The molecule has 0 unspecified atom stereocenters. The summed E-state index contributed by atoms with van der Waals surface area (Å²) in [7, 11) is 0. The van der Waals surface area contributed by atoms with E-state index in [4.69, 9.17) is 9.47 Å². The van der Waals surface area contributed by atoms with E-state index in [2.05, 4.69) is 34.1 Å². The van der Waals surface area contributed by atoms with Crippen molar-refractivity contribution in [1.82, 2.24) is 9.80 Å². The first-order chi connectivity index (χ1) is 14.7. The second kappa shape index (κ2) is 10.0. The molecule has 3 saturated heterocycles. The second-order valence-electron chi connectivity index (χ2n) is 8.96. The number of carbonyl (C=O) groups is 1. The Hall–Kier alpha value is -1.79. The Labute approximate surface area is 181 Å². The molecule has 3 fully saturated rings. The van der Waals surface area contributed by atoms with Gasteiger partial charge in [-0.15, -0.1) is 0 Å². The molecule has 30 heavy (non-hydrogen) atoms. The van der Waals surface area contributed by atoms with Crippen molar-refractivity contribution in [2.75, 3.05) is 63.9 Å². The van der Waals surface area contributed by atoms with Gasteiger partial charge >= 0.3 is 0 Å². The Morgan fingerprint density at radius 2 is 1.77 bits per heavy atom. The topological polar surface area (TPSA) is 45.2 Å². The Balaban J connectivity index is 1.20. The number of hydrogen-bond donors (Lipinski definition) is 0. The summed E-state index contributed by atoms with van der Waals surface area (Å²) < 4.78 is 12.0. The van der Waals surface area contributed by atoms with Gasteiger partial charge in [0.1, 0.15) is 12.4 Å². The number of likely N-dealkylation sites (tertiary alicyclic amines) is 1. The van der Waals surface area contributed by atoms with Crippen molar-refractivity contribution >= 4 is 11.6 Å². The summed E-state index contributed by atoms with van der Waals surface area (Å²) >= 11 is 0. The summed E-state index contributed by atoms with van der Waals surface area (Å²) in [6.45, 7) is 10.1. The highest BCUT2D eigenvalue weighted by molar-refractivity contribution is 5.78. The van der Waals surface area contributed by atoms with Gasteiger partial charge in [-0.1, -0.05) is 6.42 Å². The summed E-state index contributed by atoms with van der Waals surface area (Å²) in [6, 6.07) is 8.52. The number of nitrogens with zero attached hydrogens (tertiary/aromatic N) is 3. The molecule has 3 aliphatic heterocycles. The third kappa shape index (κ3) is 5.27. The van der Waals surface area contributed by atoms with Gasteiger partial charge in [0.15, 0.2) is 0 Å². The van der Waals surface area contributed by atoms with Crippen LogP contribution in [0, 0.1) is 0 Å². The fraction of sp³-hybridized carbons (Fsp3) is 0.708. The van der Waals surface area contributed by atoms with Gasteiger partial charge in [-0.25, -0.2) is 0 Å². The standard InChI is InChI=1S/C24H37N3O3/c1-2-26-20-24(30-19-23(26)28)11-16-27(17-12-24)21-7-9-22(10-8-21)29-18-6-15-25-13-4-3-5-14-25/h7-10H,2-6,11-20H2,1H3. The lowest BCUT2D eigenvalue weighted by molar-refractivity contribution is -0.166. The average Bonchev–Trinajstić information content (AvgIpc) is 2.80. The highest BCUT2D eigenvalue weighted by Crippen LogP contribution is 2.33. The maximum atomic E-state index is 11.9. The monoisotopic (exact) mass is 415 g/mol. The largest absolute Gasteiger partial charge is 0.494 e. The first kappa shape index (κ1) is 21.4. The smallest absolute Gasteiger partial charge is 0.248 e. The maximum absolute atomic E-state index is 11.9. The quantitative estimate of drug-likeness (QED) is 0.640. The van der Waals surface area contributed by atoms with E-state index in [-0.39, 0.29) is 18.1 Å². The number of amides is 1. The summed E-state index contributed by atoms with van der Waals surface area (Å²) in [6.07, 6.45) is 7.10. The number of likely N-dealkylation sites (N-methyl/N-ethyl adjacent to an activating group) is 1. The minimum absolute atomic E-state index is 0.122. The van der Waals surface area contributed by atoms with Crippen molar-refractivity contribution in [1.29, 1.82) is 0 Å². The molecule has 3 heterocycles. The number of carbonyl (C=O) groups excluding carboxylic acids is 1. The number of benzene rings is 1. The number of piperidine rings is 2. The van der Waals surface area contributed by atoms with Crippen LogP contribution in [0.2, 0.25) is 0 Å². The summed E-state index contributed by atoms with van der Waals surface area (Å²) in [4.78, 5) is 18.8. The van der Waals surface area contributed by atoms with Crippen LogP contribution >= 0.6 is 0 Å². The lowest BCUT2D eigenvalue weighted by Crippen LogP contribution is -2.58. The lowest BCUT2D eigenvalue weighted by Gasteiger charge is -2.47. The first-order valence-electron chi connectivity index (χ1n) is 11.8. The molecule has 3 aliphatic rings. The molecule has 0 atom stereocenters. The van der Waals surface area contributed by atoms with E-state index in [0.29, 0.717) is 0 Å². The highest BCUT2D eigenvalue weighted by atomic mass is 16.5. The fourth-order valence-corrected chi connectivity index (χ4v) is 4.97. The zero-order valence-electron chi connectivity index (χ0n) is 18.5. The minimum atomic E-state index is -0.155.